The van der Waals surface area contributed by atoms with Crippen LogP contribution in [-0.2, 0) is 16.4 Å². The van der Waals surface area contributed by atoms with Crippen LogP contribution in [0, 0.1) is 0 Å². The summed E-state index contributed by atoms with van der Waals surface area (Å²) in [6, 6.07) is 15.2. The zero-order chi connectivity index (χ0) is 23.4. The molecule has 0 saturated carbocycles. The summed E-state index contributed by atoms with van der Waals surface area (Å²) >= 11 is 0. The van der Waals surface area contributed by atoms with Gasteiger partial charge in [0.05, 0.1) is 7.11 Å². The van der Waals surface area contributed by atoms with Gasteiger partial charge in [-0.25, -0.2) is 8.42 Å². The van der Waals surface area contributed by atoms with E-state index in [0.717, 1.165) is 44.9 Å². The molecule has 0 radical (unpaired) electrons. The molecule has 0 aromatic heterocycles. The van der Waals surface area contributed by atoms with Crippen LogP contribution < -0.4 is 4.74 Å². The van der Waals surface area contributed by atoms with E-state index in [1.807, 2.05) is 30.0 Å². The van der Waals surface area contributed by atoms with Gasteiger partial charge in [0, 0.05) is 30.7 Å². The van der Waals surface area contributed by atoms with Crippen LogP contribution in [0.2, 0.25) is 0 Å². The van der Waals surface area contributed by atoms with Crippen LogP contribution in [-0.4, -0.2) is 55.8 Å². The Bertz CT molecular complexity index is 1070. The summed E-state index contributed by atoms with van der Waals surface area (Å²) in [6.45, 7) is 3.15. The predicted molar refractivity (Wildman–Crippen MR) is 129 cm³/mol. The fourth-order valence-electron chi connectivity index (χ4n) is 5.11. The molecule has 2 aliphatic rings. The van der Waals surface area contributed by atoms with Crippen molar-refractivity contribution in [2.45, 2.75) is 68.8 Å². The summed E-state index contributed by atoms with van der Waals surface area (Å²) in [5.41, 5.74) is 1.68. The molecule has 2 saturated heterocycles. The van der Waals surface area contributed by atoms with E-state index in [4.69, 9.17) is 4.74 Å². The zero-order valence-electron chi connectivity index (χ0n) is 19.6. The van der Waals surface area contributed by atoms with E-state index in [2.05, 4.69) is 12.1 Å². The Hall–Kier alpha value is -2.38. The zero-order valence-corrected chi connectivity index (χ0v) is 20.4. The van der Waals surface area contributed by atoms with Gasteiger partial charge in [0.2, 0.25) is 10.0 Å². The minimum Gasteiger partial charge on any atom is -0.495 e. The first-order valence-electron chi connectivity index (χ1n) is 12.0. The van der Waals surface area contributed by atoms with Crippen molar-refractivity contribution < 1.29 is 17.9 Å². The number of rotatable bonds is 7. The average Bonchev–Trinajstić information content (AvgIpc) is 3.31. The van der Waals surface area contributed by atoms with Crippen molar-refractivity contribution >= 4 is 15.9 Å². The van der Waals surface area contributed by atoms with Crippen LogP contribution in [0.25, 0.3) is 0 Å². The number of ether oxygens (including phenoxy) is 1. The molecule has 6 nitrogen and oxygen atoms in total. The Morgan fingerprint density at radius 3 is 2.55 bits per heavy atom. The van der Waals surface area contributed by atoms with Gasteiger partial charge >= 0.3 is 0 Å². The van der Waals surface area contributed by atoms with E-state index in [1.165, 1.54) is 18.7 Å². The van der Waals surface area contributed by atoms with Crippen LogP contribution >= 0.6 is 0 Å². The number of carbonyl (C=O) groups is 1. The molecule has 2 atom stereocenters. The third-order valence-corrected chi connectivity index (χ3v) is 9.02. The number of benzene rings is 2. The summed E-state index contributed by atoms with van der Waals surface area (Å²) in [5.74, 6) is 0.183. The molecule has 2 aromatic rings. The lowest BCUT2D eigenvalue weighted by atomic mass is 10.0. The highest BCUT2D eigenvalue weighted by Crippen LogP contribution is 2.33. The van der Waals surface area contributed by atoms with Crippen molar-refractivity contribution in [3.05, 3.63) is 59.7 Å². The van der Waals surface area contributed by atoms with E-state index in [0.29, 0.717) is 18.7 Å². The summed E-state index contributed by atoms with van der Waals surface area (Å²) < 4.78 is 34.0. The smallest absolute Gasteiger partial charge is 0.254 e. The van der Waals surface area contributed by atoms with Crippen LogP contribution in [0.1, 0.15) is 61.4 Å². The third-order valence-electron chi connectivity index (χ3n) is 6.99. The normalized spacial score (nSPS) is 21.8. The molecule has 4 rings (SSSR count). The summed E-state index contributed by atoms with van der Waals surface area (Å²) in [6.07, 6.45) is 6.50. The molecule has 178 valence electrons. The highest BCUT2D eigenvalue weighted by Gasteiger charge is 2.35. The monoisotopic (exact) mass is 470 g/mol. The Balaban J connectivity index is 1.56. The minimum atomic E-state index is -3.76. The van der Waals surface area contributed by atoms with Gasteiger partial charge in [0.25, 0.3) is 5.91 Å². The number of sulfonamides is 1. The molecule has 2 aromatic carbocycles. The molecule has 7 heteroatoms. The number of likely N-dealkylation sites (tertiary alicyclic amines) is 1. The van der Waals surface area contributed by atoms with Gasteiger partial charge in [-0.2, -0.15) is 4.31 Å². The SMILES string of the molecule is COc1ccc(C(=O)N2CCCC2CCc2ccccc2)cc1S(=O)(=O)N1CCCCC1C. The Morgan fingerprint density at radius 2 is 1.82 bits per heavy atom. The van der Waals surface area contributed by atoms with Crippen LogP contribution in [0.5, 0.6) is 5.75 Å². The number of methoxy groups -OCH3 is 1. The second-order valence-electron chi connectivity index (χ2n) is 9.15. The number of carbonyl (C=O) groups excluding carboxylic acids is 1. The number of amides is 1. The second-order valence-corrected chi connectivity index (χ2v) is 11.0. The van der Waals surface area contributed by atoms with Gasteiger partial charge in [-0.15, -0.1) is 0 Å². The lowest BCUT2D eigenvalue weighted by Gasteiger charge is -2.32. The number of hydrogen-bond acceptors (Lipinski definition) is 4. The van der Waals surface area contributed by atoms with E-state index < -0.39 is 10.0 Å². The Morgan fingerprint density at radius 1 is 1.03 bits per heavy atom. The van der Waals surface area contributed by atoms with E-state index in [9.17, 15) is 13.2 Å². The molecular weight excluding hydrogens is 436 g/mol. The summed E-state index contributed by atoms with van der Waals surface area (Å²) in [7, 11) is -2.29. The van der Waals surface area contributed by atoms with E-state index in [-0.39, 0.29) is 28.6 Å². The van der Waals surface area contributed by atoms with Gasteiger partial charge in [0.1, 0.15) is 10.6 Å². The Labute approximate surface area is 197 Å². The fraction of sp³-hybridized carbons (Fsp3) is 0.500. The first-order chi connectivity index (χ1) is 15.9. The van der Waals surface area contributed by atoms with Gasteiger partial charge in [0.15, 0.2) is 0 Å². The number of nitrogens with zero attached hydrogens (tertiary/aromatic N) is 2. The first kappa shape index (κ1) is 23.8. The van der Waals surface area contributed by atoms with Gasteiger partial charge in [-0.05, 0) is 69.2 Å². The average molecular weight is 471 g/mol. The molecule has 1 amide bonds. The summed E-state index contributed by atoms with van der Waals surface area (Å²) in [4.78, 5) is 15.5. The van der Waals surface area contributed by atoms with Gasteiger partial charge in [-0.1, -0.05) is 36.8 Å². The topological polar surface area (TPSA) is 66.9 Å². The maximum Gasteiger partial charge on any atom is 0.254 e. The molecule has 0 aliphatic carbocycles. The van der Waals surface area contributed by atoms with Crippen molar-refractivity contribution in [3.63, 3.8) is 0 Å². The number of hydrogen-bond donors (Lipinski definition) is 0. The van der Waals surface area contributed by atoms with Crippen LogP contribution in [0.15, 0.2) is 53.4 Å². The number of piperidine rings is 1. The molecule has 2 heterocycles. The van der Waals surface area contributed by atoms with Crippen molar-refractivity contribution in [2.75, 3.05) is 20.2 Å². The van der Waals surface area contributed by atoms with Crippen molar-refractivity contribution in [3.8, 4) is 5.75 Å². The largest absolute Gasteiger partial charge is 0.495 e. The maximum atomic E-state index is 13.5. The minimum absolute atomic E-state index is 0.0613. The lowest BCUT2D eigenvalue weighted by Crippen LogP contribution is -2.42. The highest BCUT2D eigenvalue weighted by atomic mass is 32.2. The van der Waals surface area contributed by atoms with Gasteiger partial charge in [-0.3, -0.25) is 4.79 Å². The molecule has 2 fully saturated rings. The fourth-order valence-corrected chi connectivity index (χ4v) is 7.00. The predicted octanol–water partition coefficient (Wildman–Crippen LogP) is 4.50. The third kappa shape index (κ3) is 5.09. The highest BCUT2D eigenvalue weighted by molar-refractivity contribution is 7.89. The molecule has 0 spiro atoms. The molecule has 0 N–H and O–H groups in total. The quantitative estimate of drug-likeness (QED) is 0.598. The van der Waals surface area contributed by atoms with Crippen LogP contribution in [0.4, 0.5) is 0 Å². The van der Waals surface area contributed by atoms with Crippen molar-refractivity contribution in [2.24, 2.45) is 0 Å². The maximum absolute atomic E-state index is 13.5. The molecule has 2 unspecified atom stereocenters. The molecular formula is C26H34N2O4S. The van der Waals surface area contributed by atoms with Gasteiger partial charge < -0.3 is 9.64 Å². The summed E-state index contributed by atoms with van der Waals surface area (Å²) in [5, 5.41) is 0. The lowest BCUT2D eigenvalue weighted by molar-refractivity contribution is 0.0730. The Kier molecular flexibility index (Phi) is 7.39. The first-order valence-corrected chi connectivity index (χ1v) is 13.4. The van der Waals surface area contributed by atoms with E-state index in [1.54, 1.807) is 16.4 Å². The van der Waals surface area contributed by atoms with Crippen LogP contribution in [0.3, 0.4) is 0 Å². The molecule has 33 heavy (non-hydrogen) atoms. The molecule has 2 aliphatic heterocycles. The van der Waals surface area contributed by atoms with E-state index >= 15 is 0 Å². The standard InChI is InChI=1S/C26H34N2O4S/c1-20-9-6-7-18-28(20)33(30,31)25-19-22(14-16-24(25)32-2)26(29)27-17-8-12-23(27)15-13-21-10-4-3-5-11-21/h3-5,10-11,14,16,19-20,23H,6-9,12-13,15,17-18H2,1-2H3. The molecule has 0 bridgehead atoms. The van der Waals surface area contributed by atoms with Crippen molar-refractivity contribution in [1.29, 1.82) is 0 Å². The van der Waals surface area contributed by atoms with Crippen molar-refractivity contribution in [1.82, 2.24) is 9.21 Å². The number of aryl methyl sites for hydroxylation is 1. The second kappa shape index (κ2) is 10.3.